The Balaban J connectivity index is 1.46. The van der Waals surface area contributed by atoms with Crippen LogP contribution < -0.4 is 5.73 Å². The maximum Gasteiger partial charge on any atom is 0.173 e. The van der Waals surface area contributed by atoms with Gasteiger partial charge in [-0.05, 0) is 16.7 Å². The minimum atomic E-state index is -1.17. The van der Waals surface area contributed by atoms with Gasteiger partial charge < -0.3 is 29.8 Å². The zero-order chi connectivity index (χ0) is 22.9. The van der Waals surface area contributed by atoms with Crippen molar-refractivity contribution in [1.29, 1.82) is 0 Å². The van der Waals surface area contributed by atoms with Crippen LogP contribution in [0, 0.1) is 0 Å². The number of rotatable bonds is 10. The van der Waals surface area contributed by atoms with Gasteiger partial charge in [0.1, 0.15) is 18.3 Å². The molecule has 174 valence electrons. The minimum absolute atomic E-state index is 0.239. The zero-order valence-corrected chi connectivity index (χ0v) is 18.5. The fourth-order valence-electron chi connectivity index (χ4n) is 3.88. The highest BCUT2D eigenvalue weighted by molar-refractivity contribution is 5.15. The minimum Gasteiger partial charge on any atom is -0.374 e. The molecule has 33 heavy (non-hydrogen) atoms. The average Bonchev–Trinajstić information content (AvgIpc) is 2.86. The van der Waals surface area contributed by atoms with Crippen LogP contribution in [0.2, 0.25) is 0 Å². The third-order valence-corrected chi connectivity index (χ3v) is 5.68. The maximum atomic E-state index is 10.5. The third kappa shape index (κ3) is 6.71. The zero-order valence-electron chi connectivity index (χ0n) is 18.5. The first-order chi connectivity index (χ1) is 16.2. The quantitative estimate of drug-likeness (QED) is 0.494. The number of hydrogen-bond donors (Lipinski definition) is 2. The Kier molecular flexibility index (Phi) is 8.60. The van der Waals surface area contributed by atoms with Gasteiger partial charge in [0.2, 0.25) is 0 Å². The standard InChI is InChI=1S/C27H31NO5/c28-24-26(32-18-22-14-8-3-9-15-22)25(31-17-21-12-6-2-7-13-21)23(33-27(24)29)19-30-16-20-10-4-1-5-11-20/h1-15,23-27,29H,16-19,28H2/t23?,24?,25-,26?,27+/m1/s1. The Bertz CT molecular complexity index is 941. The normalized spacial score (nSPS) is 25.1. The van der Waals surface area contributed by atoms with Crippen molar-refractivity contribution in [2.45, 2.75) is 50.5 Å². The highest BCUT2D eigenvalue weighted by atomic mass is 16.7. The van der Waals surface area contributed by atoms with Gasteiger partial charge in [-0.1, -0.05) is 91.0 Å². The van der Waals surface area contributed by atoms with Crippen molar-refractivity contribution in [3.8, 4) is 0 Å². The summed E-state index contributed by atoms with van der Waals surface area (Å²) in [5, 5.41) is 10.5. The van der Waals surface area contributed by atoms with Gasteiger partial charge in [0, 0.05) is 0 Å². The molecule has 0 bridgehead atoms. The second-order valence-corrected chi connectivity index (χ2v) is 8.17. The van der Waals surface area contributed by atoms with E-state index in [1.54, 1.807) is 0 Å². The lowest BCUT2D eigenvalue weighted by Gasteiger charge is -2.43. The number of ether oxygens (including phenoxy) is 4. The SMILES string of the molecule is NC1C(OCc2ccccc2)[C@H](OCc2ccccc2)C(COCc2ccccc2)O[C@@H]1O. The Morgan fingerprint density at radius 3 is 1.64 bits per heavy atom. The van der Waals surface area contributed by atoms with E-state index in [9.17, 15) is 5.11 Å². The van der Waals surface area contributed by atoms with Crippen molar-refractivity contribution in [1.82, 2.24) is 0 Å². The lowest BCUT2D eigenvalue weighted by Crippen LogP contribution is -2.63. The summed E-state index contributed by atoms with van der Waals surface area (Å²) in [7, 11) is 0. The van der Waals surface area contributed by atoms with Crippen LogP contribution in [0.25, 0.3) is 0 Å². The molecule has 0 aromatic heterocycles. The molecule has 1 fully saturated rings. The fraction of sp³-hybridized carbons (Fsp3) is 0.333. The molecule has 1 aliphatic rings. The van der Waals surface area contributed by atoms with Crippen molar-refractivity contribution in [3.05, 3.63) is 108 Å². The van der Waals surface area contributed by atoms with E-state index in [2.05, 4.69) is 0 Å². The summed E-state index contributed by atoms with van der Waals surface area (Å²) in [4.78, 5) is 0. The molecule has 1 saturated heterocycles. The summed E-state index contributed by atoms with van der Waals surface area (Å²) in [6.07, 6.45) is -2.79. The van der Waals surface area contributed by atoms with Crippen molar-refractivity contribution in [2.24, 2.45) is 5.73 Å². The molecule has 6 nitrogen and oxygen atoms in total. The van der Waals surface area contributed by atoms with Crippen molar-refractivity contribution < 1.29 is 24.1 Å². The molecule has 3 aromatic carbocycles. The van der Waals surface area contributed by atoms with Crippen LogP contribution in [-0.4, -0.2) is 42.4 Å². The van der Waals surface area contributed by atoms with Gasteiger partial charge in [-0.25, -0.2) is 0 Å². The first-order valence-corrected chi connectivity index (χ1v) is 11.2. The molecule has 3 aromatic rings. The van der Waals surface area contributed by atoms with E-state index in [1.807, 2.05) is 91.0 Å². The molecular formula is C27H31NO5. The third-order valence-electron chi connectivity index (χ3n) is 5.68. The second-order valence-electron chi connectivity index (χ2n) is 8.17. The van der Waals surface area contributed by atoms with E-state index >= 15 is 0 Å². The molecular weight excluding hydrogens is 418 g/mol. The van der Waals surface area contributed by atoms with E-state index in [-0.39, 0.29) is 6.61 Å². The van der Waals surface area contributed by atoms with E-state index in [4.69, 9.17) is 24.7 Å². The first-order valence-electron chi connectivity index (χ1n) is 11.2. The van der Waals surface area contributed by atoms with Crippen LogP contribution in [0.15, 0.2) is 91.0 Å². The molecule has 3 unspecified atom stereocenters. The Morgan fingerprint density at radius 2 is 1.12 bits per heavy atom. The van der Waals surface area contributed by atoms with Crippen molar-refractivity contribution in [2.75, 3.05) is 6.61 Å². The van der Waals surface area contributed by atoms with Gasteiger partial charge in [-0.3, -0.25) is 0 Å². The molecule has 1 heterocycles. The van der Waals surface area contributed by atoms with E-state index in [0.29, 0.717) is 19.8 Å². The molecule has 3 N–H and O–H groups in total. The molecule has 0 aliphatic carbocycles. The molecule has 6 heteroatoms. The number of hydrogen-bond acceptors (Lipinski definition) is 6. The molecule has 5 atom stereocenters. The van der Waals surface area contributed by atoms with Crippen LogP contribution in [-0.2, 0) is 38.8 Å². The Hall–Kier alpha value is -2.58. The lowest BCUT2D eigenvalue weighted by molar-refractivity contribution is -0.273. The van der Waals surface area contributed by atoms with E-state index < -0.39 is 30.6 Å². The van der Waals surface area contributed by atoms with Crippen LogP contribution in [0.3, 0.4) is 0 Å². The van der Waals surface area contributed by atoms with Gasteiger partial charge in [0.25, 0.3) is 0 Å². The number of aliphatic hydroxyl groups is 1. The maximum absolute atomic E-state index is 10.5. The van der Waals surface area contributed by atoms with Gasteiger partial charge in [0.05, 0.1) is 32.5 Å². The second kappa shape index (κ2) is 12.0. The number of aliphatic hydroxyl groups excluding tert-OH is 1. The van der Waals surface area contributed by atoms with Gasteiger partial charge >= 0.3 is 0 Å². The highest BCUT2D eigenvalue weighted by Gasteiger charge is 2.45. The topological polar surface area (TPSA) is 83.2 Å². The highest BCUT2D eigenvalue weighted by Crippen LogP contribution is 2.26. The van der Waals surface area contributed by atoms with Gasteiger partial charge in [-0.15, -0.1) is 0 Å². The molecule has 0 spiro atoms. The fourth-order valence-corrected chi connectivity index (χ4v) is 3.88. The predicted octanol–water partition coefficient (Wildman–Crippen LogP) is 3.42. The van der Waals surface area contributed by atoms with Gasteiger partial charge in [-0.2, -0.15) is 0 Å². The number of nitrogens with two attached hydrogens (primary N) is 1. The summed E-state index contributed by atoms with van der Waals surface area (Å²) >= 11 is 0. The van der Waals surface area contributed by atoms with E-state index in [1.165, 1.54) is 0 Å². The van der Waals surface area contributed by atoms with Crippen LogP contribution in [0.4, 0.5) is 0 Å². The molecule has 4 rings (SSSR count). The summed E-state index contributed by atoms with van der Waals surface area (Å²) in [6, 6.07) is 28.9. The molecule has 0 radical (unpaired) electrons. The predicted molar refractivity (Wildman–Crippen MR) is 125 cm³/mol. The molecule has 1 aliphatic heterocycles. The summed E-state index contributed by atoms with van der Waals surface area (Å²) in [5.74, 6) is 0. The molecule has 0 saturated carbocycles. The van der Waals surface area contributed by atoms with Crippen molar-refractivity contribution >= 4 is 0 Å². The lowest BCUT2D eigenvalue weighted by atomic mass is 9.97. The summed E-state index contributed by atoms with van der Waals surface area (Å²) in [5.41, 5.74) is 9.42. The monoisotopic (exact) mass is 449 g/mol. The summed E-state index contributed by atoms with van der Waals surface area (Å²) < 4.78 is 24.2. The van der Waals surface area contributed by atoms with Gasteiger partial charge in [0.15, 0.2) is 6.29 Å². The largest absolute Gasteiger partial charge is 0.374 e. The van der Waals surface area contributed by atoms with Crippen LogP contribution in [0.1, 0.15) is 16.7 Å². The van der Waals surface area contributed by atoms with Crippen LogP contribution >= 0.6 is 0 Å². The van der Waals surface area contributed by atoms with Crippen LogP contribution in [0.5, 0.6) is 0 Å². The first kappa shape index (κ1) is 23.6. The van der Waals surface area contributed by atoms with Crippen molar-refractivity contribution in [3.63, 3.8) is 0 Å². The molecule has 0 amide bonds. The smallest absolute Gasteiger partial charge is 0.173 e. The number of benzene rings is 3. The Morgan fingerprint density at radius 1 is 0.667 bits per heavy atom. The summed E-state index contributed by atoms with van der Waals surface area (Å²) in [6.45, 7) is 1.40. The van der Waals surface area contributed by atoms with E-state index in [0.717, 1.165) is 16.7 Å². The Labute approximate surface area is 194 Å². The average molecular weight is 450 g/mol.